The van der Waals surface area contributed by atoms with Crippen LogP contribution in [0.3, 0.4) is 0 Å². The zero-order valence-electron chi connectivity index (χ0n) is 10.6. The molecule has 1 fully saturated rings. The second-order valence-corrected chi connectivity index (χ2v) is 5.14. The summed E-state index contributed by atoms with van der Waals surface area (Å²) in [4.78, 5) is 15.9. The van der Waals surface area contributed by atoms with Gasteiger partial charge in [-0.05, 0) is 38.8 Å². The Morgan fingerprint density at radius 1 is 1.61 bits per heavy atom. The highest BCUT2D eigenvalue weighted by molar-refractivity contribution is 5.94. The first kappa shape index (κ1) is 12.8. The second-order valence-electron chi connectivity index (χ2n) is 5.14. The number of aromatic nitrogens is 1. The molecular formula is C13H18N2O3. The molecule has 1 aromatic rings. The lowest BCUT2D eigenvalue weighted by Gasteiger charge is -2.35. The summed E-state index contributed by atoms with van der Waals surface area (Å²) < 4.78 is 5.59. The van der Waals surface area contributed by atoms with E-state index in [-0.39, 0.29) is 29.0 Å². The number of amides is 1. The van der Waals surface area contributed by atoms with Crippen LogP contribution in [0.25, 0.3) is 0 Å². The predicted molar refractivity (Wildman–Crippen MR) is 66.4 cm³/mol. The molecule has 1 amide bonds. The van der Waals surface area contributed by atoms with Gasteiger partial charge in [-0.15, -0.1) is 0 Å². The van der Waals surface area contributed by atoms with E-state index in [1.807, 2.05) is 13.8 Å². The van der Waals surface area contributed by atoms with Crippen LogP contribution in [-0.2, 0) is 4.74 Å². The van der Waals surface area contributed by atoms with Gasteiger partial charge in [0, 0.05) is 18.8 Å². The van der Waals surface area contributed by atoms with E-state index in [2.05, 4.69) is 10.3 Å². The van der Waals surface area contributed by atoms with Crippen LogP contribution in [0.15, 0.2) is 18.3 Å². The summed E-state index contributed by atoms with van der Waals surface area (Å²) in [5, 5.41) is 12.5. The number of aromatic hydroxyl groups is 1. The number of rotatable bonds is 2. The van der Waals surface area contributed by atoms with E-state index in [1.165, 1.54) is 12.3 Å². The molecule has 1 aromatic heterocycles. The number of nitrogens with zero attached hydrogens (tertiary/aromatic N) is 1. The molecule has 0 bridgehead atoms. The van der Waals surface area contributed by atoms with Crippen molar-refractivity contribution >= 4 is 5.91 Å². The van der Waals surface area contributed by atoms with Gasteiger partial charge in [0.05, 0.1) is 5.60 Å². The van der Waals surface area contributed by atoms with E-state index in [4.69, 9.17) is 4.74 Å². The second kappa shape index (κ2) is 4.94. The van der Waals surface area contributed by atoms with Crippen molar-refractivity contribution in [2.24, 2.45) is 0 Å². The number of hydrogen-bond donors (Lipinski definition) is 2. The Bertz CT molecular complexity index is 446. The van der Waals surface area contributed by atoms with Gasteiger partial charge in [0.15, 0.2) is 5.69 Å². The number of carbonyl (C=O) groups excluding carboxylic acids is 1. The molecule has 98 valence electrons. The summed E-state index contributed by atoms with van der Waals surface area (Å²) in [6.45, 7) is 4.64. The van der Waals surface area contributed by atoms with Crippen LogP contribution < -0.4 is 5.32 Å². The van der Waals surface area contributed by atoms with E-state index >= 15 is 0 Å². The van der Waals surface area contributed by atoms with E-state index in [1.54, 1.807) is 6.07 Å². The topological polar surface area (TPSA) is 71.5 Å². The smallest absolute Gasteiger partial charge is 0.273 e. The summed E-state index contributed by atoms with van der Waals surface area (Å²) in [6, 6.07) is 3.10. The first-order chi connectivity index (χ1) is 8.48. The van der Waals surface area contributed by atoms with Gasteiger partial charge in [0.25, 0.3) is 5.91 Å². The monoisotopic (exact) mass is 250 g/mol. The van der Waals surface area contributed by atoms with Gasteiger partial charge in [-0.1, -0.05) is 0 Å². The van der Waals surface area contributed by atoms with Crippen molar-refractivity contribution in [1.29, 1.82) is 0 Å². The zero-order valence-corrected chi connectivity index (χ0v) is 10.6. The lowest BCUT2D eigenvalue weighted by Crippen LogP contribution is -2.46. The SMILES string of the molecule is CC1(C)CC(NC(=O)c2ncccc2O)CCO1. The van der Waals surface area contributed by atoms with Crippen LogP contribution >= 0.6 is 0 Å². The zero-order chi connectivity index (χ0) is 13.2. The molecule has 18 heavy (non-hydrogen) atoms. The lowest BCUT2D eigenvalue weighted by molar-refractivity contribution is -0.0615. The standard InChI is InChI=1S/C13H18N2O3/c1-13(2)8-9(5-7-18-13)15-12(17)11-10(16)4-3-6-14-11/h3-4,6,9,16H,5,7-8H2,1-2H3,(H,15,17). The molecule has 2 rings (SSSR count). The Morgan fingerprint density at radius 2 is 2.39 bits per heavy atom. The fourth-order valence-electron chi connectivity index (χ4n) is 2.18. The van der Waals surface area contributed by atoms with Gasteiger partial charge in [-0.3, -0.25) is 4.79 Å². The number of ether oxygens (including phenoxy) is 1. The summed E-state index contributed by atoms with van der Waals surface area (Å²) >= 11 is 0. The van der Waals surface area contributed by atoms with Crippen molar-refractivity contribution in [2.75, 3.05) is 6.61 Å². The molecule has 2 heterocycles. The molecule has 2 N–H and O–H groups in total. The third-order valence-corrected chi connectivity index (χ3v) is 3.03. The van der Waals surface area contributed by atoms with Gasteiger partial charge >= 0.3 is 0 Å². The minimum Gasteiger partial charge on any atom is -0.505 e. The summed E-state index contributed by atoms with van der Waals surface area (Å²) in [7, 11) is 0. The van der Waals surface area contributed by atoms with Crippen LogP contribution in [0.4, 0.5) is 0 Å². The third kappa shape index (κ3) is 2.98. The van der Waals surface area contributed by atoms with Gasteiger partial charge in [-0.25, -0.2) is 4.98 Å². The summed E-state index contributed by atoms with van der Waals surface area (Å²) in [5.41, 5.74) is -0.149. The van der Waals surface area contributed by atoms with E-state index in [0.717, 1.165) is 12.8 Å². The van der Waals surface area contributed by atoms with Gasteiger partial charge in [-0.2, -0.15) is 0 Å². The van der Waals surface area contributed by atoms with Crippen molar-refractivity contribution in [3.8, 4) is 5.75 Å². The maximum Gasteiger partial charge on any atom is 0.273 e. The van der Waals surface area contributed by atoms with Crippen LogP contribution in [0.2, 0.25) is 0 Å². The Morgan fingerprint density at radius 3 is 3.06 bits per heavy atom. The molecule has 5 heteroatoms. The van der Waals surface area contributed by atoms with Crippen LogP contribution in [0.5, 0.6) is 5.75 Å². The van der Waals surface area contributed by atoms with Crippen LogP contribution in [0, 0.1) is 0 Å². The fourth-order valence-corrected chi connectivity index (χ4v) is 2.18. The van der Waals surface area contributed by atoms with Crippen molar-refractivity contribution in [3.05, 3.63) is 24.0 Å². The lowest BCUT2D eigenvalue weighted by atomic mass is 9.94. The molecular weight excluding hydrogens is 232 g/mol. The molecule has 0 aliphatic carbocycles. The Balaban J connectivity index is 2.02. The first-order valence-electron chi connectivity index (χ1n) is 6.07. The quantitative estimate of drug-likeness (QED) is 0.834. The molecule has 1 aliphatic rings. The molecule has 1 aliphatic heterocycles. The highest BCUT2D eigenvalue weighted by Gasteiger charge is 2.30. The Kier molecular flexibility index (Phi) is 3.52. The van der Waals surface area contributed by atoms with Gasteiger partial charge in [0.1, 0.15) is 5.75 Å². The average Bonchev–Trinajstić information content (AvgIpc) is 2.28. The Labute approximate surface area is 106 Å². The number of hydrogen-bond acceptors (Lipinski definition) is 4. The highest BCUT2D eigenvalue weighted by atomic mass is 16.5. The Hall–Kier alpha value is -1.62. The van der Waals surface area contributed by atoms with Crippen LogP contribution in [-0.4, -0.2) is 34.2 Å². The van der Waals surface area contributed by atoms with Gasteiger partial charge in [0.2, 0.25) is 0 Å². The first-order valence-corrected chi connectivity index (χ1v) is 6.07. The minimum absolute atomic E-state index is 0.0580. The van der Waals surface area contributed by atoms with Crippen molar-refractivity contribution < 1.29 is 14.6 Å². The molecule has 1 saturated heterocycles. The van der Waals surface area contributed by atoms with Gasteiger partial charge < -0.3 is 15.2 Å². The molecule has 0 radical (unpaired) electrons. The van der Waals surface area contributed by atoms with Crippen molar-refractivity contribution in [3.63, 3.8) is 0 Å². The number of nitrogens with one attached hydrogen (secondary N) is 1. The maximum absolute atomic E-state index is 12.0. The normalized spacial score (nSPS) is 22.4. The van der Waals surface area contributed by atoms with Crippen LogP contribution in [0.1, 0.15) is 37.2 Å². The number of pyridine rings is 1. The van der Waals surface area contributed by atoms with E-state index in [0.29, 0.717) is 6.61 Å². The molecule has 1 atom stereocenters. The average molecular weight is 250 g/mol. The molecule has 0 aromatic carbocycles. The van der Waals surface area contributed by atoms with Crippen molar-refractivity contribution in [2.45, 2.75) is 38.3 Å². The summed E-state index contributed by atoms with van der Waals surface area (Å²) in [6.07, 6.45) is 3.03. The summed E-state index contributed by atoms with van der Waals surface area (Å²) in [5.74, 6) is -0.433. The van der Waals surface area contributed by atoms with E-state index in [9.17, 15) is 9.90 Å². The van der Waals surface area contributed by atoms with E-state index < -0.39 is 0 Å². The molecule has 1 unspecified atom stereocenters. The predicted octanol–water partition coefficient (Wildman–Crippen LogP) is 1.47. The molecule has 0 saturated carbocycles. The minimum atomic E-state index is -0.337. The number of carbonyl (C=O) groups is 1. The molecule has 5 nitrogen and oxygen atoms in total. The highest BCUT2D eigenvalue weighted by Crippen LogP contribution is 2.24. The third-order valence-electron chi connectivity index (χ3n) is 3.03. The fraction of sp³-hybridized carbons (Fsp3) is 0.538. The largest absolute Gasteiger partial charge is 0.505 e. The van der Waals surface area contributed by atoms with Crippen molar-refractivity contribution in [1.82, 2.24) is 10.3 Å². The molecule has 0 spiro atoms. The maximum atomic E-state index is 12.0.